The van der Waals surface area contributed by atoms with E-state index in [0.29, 0.717) is 0 Å². The molecule has 0 amide bonds. The van der Waals surface area contributed by atoms with E-state index in [0.717, 1.165) is 17.1 Å². The van der Waals surface area contributed by atoms with Gasteiger partial charge in [0.15, 0.2) is 0 Å². The number of para-hydroxylation sites is 1. The molecule has 0 radical (unpaired) electrons. The average Bonchev–Trinajstić information content (AvgIpc) is 3.55. The topological polar surface area (TPSA) is 3.24 Å². The van der Waals surface area contributed by atoms with Crippen molar-refractivity contribution >= 4 is 39.6 Å². The zero-order chi connectivity index (χ0) is 36.3. The third-order valence-electron chi connectivity index (χ3n) is 11.5. The van der Waals surface area contributed by atoms with Crippen molar-refractivity contribution in [2.75, 3.05) is 4.90 Å². The number of fused-ring (bicyclic) bond motifs is 10. The molecule has 11 rings (SSSR count). The minimum Gasteiger partial charge on any atom is -0.311 e. The number of rotatable bonds is 5. The maximum absolute atomic E-state index is 2.47. The second-order valence-corrected chi connectivity index (χ2v) is 15.6. The molecule has 0 atom stereocenters. The minimum atomic E-state index is -0.362. The van der Waals surface area contributed by atoms with Crippen LogP contribution < -0.4 is 4.90 Å². The molecule has 258 valence electrons. The first-order valence-corrected chi connectivity index (χ1v) is 19.7. The van der Waals surface area contributed by atoms with Gasteiger partial charge >= 0.3 is 0 Å². The third-order valence-corrected chi connectivity index (χ3v) is 12.6. The molecule has 0 saturated heterocycles. The van der Waals surface area contributed by atoms with Gasteiger partial charge in [-0.2, -0.15) is 0 Å². The standard InChI is InChI=1S/C53H35NS/c1-3-13-36(14-4-1)37-25-29-43(30-26-37)54(42-15-5-2-6-16-42)44-31-27-38(28-32-44)39-23-24-40-34-50-52(35-41(40)33-39)55-51-22-12-11-21-49(51)53(50)47-19-9-7-17-45(47)46-18-8-10-20-48(46)53/h1-35H. The maximum Gasteiger partial charge on any atom is 0.0735 e. The SMILES string of the molecule is c1ccc(-c2ccc(N(c3ccccc3)c3ccc(-c4ccc5cc6c(cc5c4)Sc4ccccc4C64c5ccccc5-c5ccccc54)cc3)cc2)cc1. The van der Waals surface area contributed by atoms with Crippen molar-refractivity contribution < 1.29 is 0 Å². The first-order chi connectivity index (χ1) is 27.3. The van der Waals surface area contributed by atoms with Gasteiger partial charge in [-0.05, 0) is 127 Å². The van der Waals surface area contributed by atoms with Crippen LogP contribution in [-0.2, 0) is 5.41 Å². The molecule has 0 aromatic heterocycles. The number of anilines is 3. The number of hydrogen-bond donors (Lipinski definition) is 0. The largest absolute Gasteiger partial charge is 0.311 e. The molecule has 55 heavy (non-hydrogen) atoms. The third kappa shape index (κ3) is 5.03. The van der Waals surface area contributed by atoms with E-state index in [9.17, 15) is 0 Å². The highest BCUT2D eigenvalue weighted by Gasteiger charge is 2.50. The van der Waals surface area contributed by atoms with Crippen LogP contribution in [0.4, 0.5) is 17.1 Å². The lowest BCUT2D eigenvalue weighted by Crippen LogP contribution is -2.31. The summed E-state index contributed by atoms with van der Waals surface area (Å²) in [6.07, 6.45) is 0. The highest BCUT2D eigenvalue weighted by molar-refractivity contribution is 7.99. The number of benzene rings is 9. The van der Waals surface area contributed by atoms with Crippen LogP contribution in [0.1, 0.15) is 22.3 Å². The highest BCUT2D eigenvalue weighted by Crippen LogP contribution is 2.62. The Labute approximate surface area is 326 Å². The molecule has 1 nitrogen and oxygen atoms in total. The van der Waals surface area contributed by atoms with Crippen LogP contribution in [0.25, 0.3) is 44.2 Å². The smallest absolute Gasteiger partial charge is 0.0735 e. The molecule has 2 heteroatoms. The first kappa shape index (κ1) is 31.9. The van der Waals surface area contributed by atoms with Crippen molar-refractivity contribution in [2.24, 2.45) is 0 Å². The van der Waals surface area contributed by atoms with Crippen molar-refractivity contribution in [1.82, 2.24) is 0 Å². The van der Waals surface area contributed by atoms with Crippen LogP contribution in [0, 0.1) is 0 Å². The summed E-state index contributed by atoms with van der Waals surface area (Å²) in [5.74, 6) is 0. The highest BCUT2D eigenvalue weighted by atomic mass is 32.2. The first-order valence-electron chi connectivity index (χ1n) is 18.9. The molecule has 1 heterocycles. The zero-order valence-corrected chi connectivity index (χ0v) is 30.9. The number of nitrogens with zero attached hydrogens (tertiary/aromatic N) is 1. The summed E-state index contributed by atoms with van der Waals surface area (Å²) in [7, 11) is 0. The molecule has 1 spiro atoms. The molecule has 2 aliphatic rings. The van der Waals surface area contributed by atoms with Gasteiger partial charge in [0.2, 0.25) is 0 Å². The Kier molecular flexibility index (Phi) is 7.40. The summed E-state index contributed by atoms with van der Waals surface area (Å²) in [6, 6.07) is 78.0. The lowest BCUT2D eigenvalue weighted by Gasteiger charge is -2.40. The summed E-state index contributed by atoms with van der Waals surface area (Å²) < 4.78 is 0. The molecule has 1 aliphatic carbocycles. The predicted octanol–water partition coefficient (Wildman–Crippen LogP) is 14.5. The van der Waals surface area contributed by atoms with Gasteiger partial charge in [0.25, 0.3) is 0 Å². The monoisotopic (exact) mass is 717 g/mol. The molecule has 0 unspecified atom stereocenters. The van der Waals surface area contributed by atoms with Crippen LogP contribution in [0.15, 0.2) is 222 Å². The Morgan fingerprint density at radius 2 is 0.800 bits per heavy atom. The van der Waals surface area contributed by atoms with Crippen molar-refractivity contribution in [3.8, 4) is 33.4 Å². The van der Waals surface area contributed by atoms with E-state index in [4.69, 9.17) is 0 Å². The Bertz CT molecular complexity index is 2830. The summed E-state index contributed by atoms with van der Waals surface area (Å²) in [5.41, 5.74) is 16.0. The molecule has 9 aromatic rings. The van der Waals surface area contributed by atoms with E-state index in [1.807, 2.05) is 11.8 Å². The summed E-state index contributed by atoms with van der Waals surface area (Å²) in [6.45, 7) is 0. The summed E-state index contributed by atoms with van der Waals surface area (Å²) in [5, 5.41) is 2.51. The van der Waals surface area contributed by atoms with Gasteiger partial charge in [-0.1, -0.05) is 163 Å². The van der Waals surface area contributed by atoms with Crippen molar-refractivity contribution in [3.63, 3.8) is 0 Å². The van der Waals surface area contributed by atoms with E-state index in [1.54, 1.807) is 0 Å². The molecule has 0 fully saturated rings. The Hall–Kier alpha value is -6.61. The summed E-state index contributed by atoms with van der Waals surface area (Å²) >= 11 is 1.90. The van der Waals surface area contributed by atoms with Crippen LogP contribution in [0.2, 0.25) is 0 Å². The van der Waals surface area contributed by atoms with E-state index < -0.39 is 0 Å². The van der Waals surface area contributed by atoms with Crippen LogP contribution >= 0.6 is 11.8 Å². The number of hydrogen-bond acceptors (Lipinski definition) is 2. The maximum atomic E-state index is 2.47. The van der Waals surface area contributed by atoms with E-state index in [-0.39, 0.29) is 5.41 Å². The van der Waals surface area contributed by atoms with Gasteiger partial charge in [0.05, 0.1) is 5.41 Å². The fraction of sp³-hybridized carbons (Fsp3) is 0.0189. The van der Waals surface area contributed by atoms with Crippen molar-refractivity contribution in [3.05, 3.63) is 235 Å². The average molecular weight is 718 g/mol. The summed E-state index contributed by atoms with van der Waals surface area (Å²) in [4.78, 5) is 4.97. The molecule has 0 N–H and O–H groups in total. The molecule has 1 aliphatic heterocycles. The van der Waals surface area contributed by atoms with Crippen molar-refractivity contribution in [2.45, 2.75) is 15.2 Å². The van der Waals surface area contributed by atoms with E-state index in [1.165, 1.54) is 76.2 Å². The van der Waals surface area contributed by atoms with Gasteiger partial charge in [-0.3, -0.25) is 0 Å². The zero-order valence-electron chi connectivity index (χ0n) is 30.1. The van der Waals surface area contributed by atoms with Crippen LogP contribution in [0.5, 0.6) is 0 Å². The van der Waals surface area contributed by atoms with Gasteiger partial charge in [-0.25, -0.2) is 0 Å². The predicted molar refractivity (Wildman–Crippen MR) is 231 cm³/mol. The van der Waals surface area contributed by atoms with Gasteiger partial charge in [-0.15, -0.1) is 0 Å². The fourth-order valence-electron chi connectivity index (χ4n) is 9.04. The molecular weight excluding hydrogens is 683 g/mol. The minimum absolute atomic E-state index is 0.362. The molecular formula is C53H35NS. The second kappa shape index (κ2) is 12.8. The Balaban J connectivity index is 0.988. The van der Waals surface area contributed by atoms with Gasteiger partial charge in [0, 0.05) is 26.9 Å². The van der Waals surface area contributed by atoms with Crippen molar-refractivity contribution in [1.29, 1.82) is 0 Å². The normalized spacial score (nSPS) is 13.2. The Morgan fingerprint density at radius 1 is 0.309 bits per heavy atom. The molecule has 0 bridgehead atoms. The van der Waals surface area contributed by atoms with Gasteiger partial charge < -0.3 is 4.90 Å². The quantitative estimate of drug-likeness (QED) is 0.174. The van der Waals surface area contributed by atoms with Crippen LogP contribution in [-0.4, -0.2) is 0 Å². The van der Waals surface area contributed by atoms with E-state index >= 15 is 0 Å². The second-order valence-electron chi connectivity index (χ2n) is 14.5. The fourth-order valence-corrected chi connectivity index (χ4v) is 10.3. The molecule has 0 saturated carbocycles. The Morgan fingerprint density at radius 3 is 1.45 bits per heavy atom. The van der Waals surface area contributed by atoms with Crippen LogP contribution in [0.3, 0.4) is 0 Å². The lowest BCUT2D eigenvalue weighted by molar-refractivity contribution is 0.724. The molecule has 9 aromatic carbocycles. The lowest BCUT2D eigenvalue weighted by atomic mass is 9.67. The van der Waals surface area contributed by atoms with E-state index in [2.05, 4.69) is 217 Å². The van der Waals surface area contributed by atoms with Gasteiger partial charge in [0.1, 0.15) is 0 Å².